The molecule has 1 rings (SSSR count). The summed E-state index contributed by atoms with van der Waals surface area (Å²) in [6.07, 6.45) is 1.90. The van der Waals surface area contributed by atoms with Crippen LogP contribution in [-0.2, 0) is 11.3 Å². The van der Waals surface area contributed by atoms with Gasteiger partial charge in [0.15, 0.2) is 0 Å². The van der Waals surface area contributed by atoms with Gasteiger partial charge in [-0.2, -0.15) is 0 Å². The van der Waals surface area contributed by atoms with Gasteiger partial charge in [0.1, 0.15) is 5.82 Å². The van der Waals surface area contributed by atoms with Gasteiger partial charge in [-0.15, -0.1) is 0 Å². The van der Waals surface area contributed by atoms with Crippen molar-refractivity contribution < 1.29 is 4.74 Å². The highest BCUT2D eigenvalue weighted by Crippen LogP contribution is 2.08. The van der Waals surface area contributed by atoms with E-state index in [1.165, 1.54) is 5.56 Å². The van der Waals surface area contributed by atoms with Crippen molar-refractivity contribution in [1.29, 1.82) is 0 Å². The second-order valence-corrected chi connectivity index (χ2v) is 3.47. The van der Waals surface area contributed by atoms with E-state index in [9.17, 15) is 0 Å². The van der Waals surface area contributed by atoms with Crippen molar-refractivity contribution in [2.75, 3.05) is 39.3 Å². The Bertz CT molecular complexity index is 274. The van der Waals surface area contributed by atoms with Crippen molar-refractivity contribution in [2.45, 2.75) is 6.54 Å². The lowest BCUT2D eigenvalue weighted by molar-refractivity contribution is 0.206. The maximum absolute atomic E-state index is 5.02. The molecule has 0 atom stereocenters. The lowest BCUT2D eigenvalue weighted by Crippen LogP contribution is -2.23. The van der Waals surface area contributed by atoms with Crippen LogP contribution in [0.2, 0.25) is 0 Å². The smallest absolute Gasteiger partial charge is 0.128 e. The summed E-state index contributed by atoms with van der Waals surface area (Å²) >= 11 is 0. The number of pyridine rings is 1. The summed E-state index contributed by atoms with van der Waals surface area (Å²) in [5.74, 6) is 0.979. The molecule has 0 unspecified atom stereocenters. The van der Waals surface area contributed by atoms with E-state index in [1.807, 2.05) is 26.4 Å². The topological polar surface area (TPSA) is 37.4 Å². The highest BCUT2D eigenvalue weighted by molar-refractivity contribution is 5.38. The van der Waals surface area contributed by atoms with Crippen LogP contribution in [0, 0.1) is 0 Å². The van der Waals surface area contributed by atoms with E-state index in [-0.39, 0.29) is 0 Å². The molecule has 4 heteroatoms. The summed E-state index contributed by atoms with van der Waals surface area (Å²) in [6.45, 7) is 2.43. The Morgan fingerprint density at radius 3 is 2.80 bits per heavy atom. The van der Waals surface area contributed by atoms with Gasteiger partial charge in [-0.25, -0.2) is 4.98 Å². The van der Waals surface area contributed by atoms with Crippen molar-refractivity contribution in [3.63, 3.8) is 0 Å². The first-order valence-electron chi connectivity index (χ1n) is 5.07. The van der Waals surface area contributed by atoms with Gasteiger partial charge in [-0.3, -0.25) is 0 Å². The molecule has 0 aliphatic carbocycles. The van der Waals surface area contributed by atoms with Gasteiger partial charge in [-0.05, 0) is 18.7 Å². The quantitative estimate of drug-likeness (QED) is 0.755. The predicted octanol–water partition coefficient (Wildman–Crippen LogP) is 0.884. The third kappa shape index (κ3) is 3.85. The number of likely N-dealkylation sites (N-methyl/N-ethyl adjacent to an activating group) is 1. The van der Waals surface area contributed by atoms with Crippen LogP contribution in [-0.4, -0.2) is 39.3 Å². The number of nitrogens with zero attached hydrogens (tertiary/aromatic N) is 2. The number of aromatic nitrogens is 1. The van der Waals surface area contributed by atoms with Gasteiger partial charge >= 0.3 is 0 Å². The molecule has 1 N–H and O–H groups in total. The maximum Gasteiger partial charge on any atom is 0.128 e. The molecule has 1 aromatic heterocycles. The SMILES string of the molecule is CNCc1ccc(N(C)CCOC)nc1. The third-order valence-electron chi connectivity index (χ3n) is 2.21. The molecule has 1 heterocycles. The van der Waals surface area contributed by atoms with Crippen molar-refractivity contribution in [1.82, 2.24) is 10.3 Å². The van der Waals surface area contributed by atoms with E-state index < -0.39 is 0 Å². The van der Waals surface area contributed by atoms with Crippen molar-refractivity contribution in [3.8, 4) is 0 Å². The fraction of sp³-hybridized carbons (Fsp3) is 0.545. The van der Waals surface area contributed by atoms with Crippen LogP contribution in [0.5, 0.6) is 0 Å². The minimum absolute atomic E-state index is 0.719. The van der Waals surface area contributed by atoms with Crippen LogP contribution in [0.3, 0.4) is 0 Å². The minimum atomic E-state index is 0.719. The molecule has 0 saturated heterocycles. The molecule has 0 fully saturated rings. The Kier molecular flexibility index (Phi) is 5.07. The standard InChI is InChI=1S/C11H19N3O/c1-12-8-10-4-5-11(13-9-10)14(2)6-7-15-3/h4-5,9,12H,6-8H2,1-3H3. The summed E-state index contributed by atoms with van der Waals surface area (Å²) in [6, 6.07) is 4.12. The number of methoxy groups -OCH3 is 1. The Morgan fingerprint density at radius 2 is 2.27 bits per heavy atom. The average molecular weight is 209 g/mol. The molecule has 0 aliphatic rings. The molecule has 0 amide bonds. The van der Waals surface area contributed by atoms with E-state index in [0.717, 1.165) is 25.5 Å². The molecule has 0 radical (unpaired) electrons. The molecule has 0 saturated carbocycles. The monoisotopic (exact) mass is 209 g/mol. The van der Waals surface area contributed by atoms with E-state index in [1.54, 1.807) is 7.11 Å². The molecule has 0 spiro atoms. The van der Waals surface area contributed by atoms with Gasteiger partial charge < -0.3 is 15.0 Å². The van der Waals surface area contributed by atoms with E-state index in [0.29, 0.717) is 0 Å². The molecule has 15 heavy (non-hydrogen) atoms. The second-order valence-electron chi connectivity index (χ2n) is 3.47. The van der Waals surface area contributed by atoms with Crippen LogP contribution in [0.4, 0.5) is 5.82 Å². The molecular weight excluding hydrogens is 190 g/mol. The van der Waals surface area contributed by atoms with E-state index >= 15 is 0 Å². The number of rotatable bonds is 6. The van der Waals surface area contributed by atoms with Crippen LogP contribution in [0.15, 0.2) is 18.3 Å². The minimum Gasteiger partial charge on any atom is -0.383 e. The van der Waals surface area contributed by atoms with Crippen LogP contribution < -0.4 is 10.2 Å². The Hall–Kier alpha value is -1.13. The first-order chi connectivity index (χ1) is 7.27. The molecule has 4 nitrogen and oxygen atoms in total. The zero-order chi connectivity index (χ0) is 11.1. The first kappa shape index (κ1) is 11.9. The fourth-order valence-electron chi connectivity index (χ4n) is 1.29. The van der Waals surface area contributed by atoms with Gasteiger partial charge in [0, 0.05) is 33.4 Å². The first-order valence-corrected chi connectivity index (χ1v) is 5.07. The fourth-order valence-corrected chi connectivity index (χ4v) is 1.29. The summed E-state index contributed by atoms with van der Waals surface area (Å²) in [5.41, 5.74) is 1.20. The Morgan fingerprint density at radius 1 is 1.47 bits per heavy atom. The maximum atomic E-state index is 5.02. The number of nitrogens with one attached hydrogen (secondary N) is 1. The molecule has 84 valence electrons. The number of ether oxygens (including phenoxy) is 1. The third-order valence-corrected chi connectivity index (χ3v) is 2.21. The Balaban J connectivity index is 2.54. The molecule has 0 aliphatic heterocycles. The van der Waals surface area contributed by atoms with Crippen LogP contribution in [0.25, 0.3) is 0 Å². The van der Waals surface area contributed by atoms with Crippen LogP contribution in [0.1, 0.15) is 5.56 Å². The van der Waals surface area contributed by atoms with Crippen molar-refractivity contribution in [3.05, 3.63) is 23.9 Å². The zero-order valence-electron chi connectivity index (χ0n) is 9.66. The second kappa shape index (κ2) is 6.37. The molecular formula is C11H19N3O. The van der Waals surface area contributed by atoms with Gasteiger partial charge in [0.25, 0.3) is 0 Å². The van der Waals surface area contributed by atoms with Crippen molar-refractivity contribution in [2.24, 2.45) is 0 Å². The Labute approximate surface area is 91.3 Å². The normalized spacial score (nSPS) is 10.3. The van der Waals surface area contributed by atoms with E-state index in [2.05, 4.69) is 21.3 Å². The van der Waals surface area contributed by atoms with E-state index in [4.69, 9.17) is 4.74 Å². The number of hydrogen-bond donors (Lipinski definition) is 1. The zero-order valence-corrected chi connectivity index (χ0v) is 9.66. The van der Waals surface area contributed by atoms with Gasteiger partial charge in [0.2, 0.25) is 0 Å². The molecule has 1 aromatic rings. The van der Waals surface area contributed by atoms with Gasteiger partial charge in [-0.1, -0.05) is 6.07 Å². The lowest BCUT2D eigenvalue weighted by atomic mass is 10.3. The highest BCUT2D eigenvalue weighted by atomic mass is 16.5. The van der Waals surface area contributed by atoms with Crippen LogP contribution >= 0.6 is 0 Å². The summed E-state index contributed by atoms with van der Waals surface area (Å²) < 4.78 is 5.02. The highest BCUT2D eigenvalue weighted by Gasteiger charge is 2.01. The molecule has 0 bridgehead atoms. The van der Waals surface area contributed by atoms with Crippen molar-refractivity contribution >= 4 is 5.82 Å². The summed E-state index contributed by atoms with van der Waals surface area (Å²) in [5, 5.41) is 3.09. The predicted molar refractivity (Wildman–Crippen MR) is 62.1 cm³/mol. The number of anilines is 1. The summed E-state index contributed by atoms with van der Waals surface area (Å²) in [4.78, 5) is 6.46. The van der Waals surface area contributed by atoms with Gasteiger partial charge in [0.05, 0.1) is 6.61 Å². The largest absolute Gasteiger partial charge is 0.383 e. The number of hydrogen-bond acceptors (Lipinski definition) is 4. The summed E-state index contributed by atoms with van der Waals surface area (Å²) in [7, 11) is 5.65. The molecule has 0 aromatic carbocycles. The average Bonchev–Trinajstić information content (AvgIpc) is 2.27. The lowest BCUT2D eigenvalue weighted by Gasteiger charge is -2.17.